The Balaban J connectivity index is 2.43. The molecule has 0 saturated carbocycles. The van der Waals surface area contributed by atoms with Crippen molar-refractivity contribution in [2.24, 2.45) is 5.92 Å². The predicted molar refractivity (Wildman–Crippen MR) is 64.1 cm³/mol. The molecule has 4 heteroatoms. The molecule has 0 aliphatic rings. The van der Waals surface area contributed by atoms with Crippen molar-refractivity contribution in [3.8, 4) is 0 Å². The van der Waals surface area contributed by atoms with Gasteiger partial charge in [0.05, 0.1) is 6.04 Å². The number of rotatable bonds is 7. The number of hydrogen-bond donors (Lipinski definition) is 1. The molecular formula is C12H23N3O. The summed E-state index contributed by atoms with van der Waals surface area (Å²) in [5.41, 5.74) is 0. The number of hydrogen-bond acceptors (Lipinski definition) is 4. The average Bonchev–Trinajstić information content (AvgIpc) is 2.66. The van der Waals surface area contributed by atoms with Gasteiger partial charge in [0.25, 0.3) is 0 Å². The molecule has 1 N–H and O–H groups in total. The number of nitrogens with one attached hydrogen (secondary N) is 1. The van der Waals surface area contributed by atoms with Gasteiger partial charge in [0.2, 0.25) is 5.89 Å². The highest BCUT2D eigenvalue weighted by molar-refractivity contribution is 4.92. The summed E-state index contributed by atoms with van der Waals surface area (Å²) < 4.78 is 5.00. The third-order valence-corrected chi connectivity index (χ3v) is 2.76. The van der Waals surface area contributed by atoms with Gasteiger partial charge in [-0.3, -0.25) is 0 Å². The molecule has 0 amide bonds. The van der Waals surface area contributed by atoms with Gasteiger partial charge in [-0.2, -0.15) is 4.98 Å². The van der Waals surface area contributed by atoms with Gasteiger partial charge in [-0.05, 0) is 25.3 Å². The lowest BCUT2D eigenvalue weighted by molar-refractivity contribution is 0.366. The zero-order chi connectivity index (χ0) is 12.0. The maximum atomic E-state index is 5.00. The summed E-state index contributed by atoms with van der Waals surface area (Å²) in [6.45, 7) is 9.46. The molecule has 1 aromatic rings. The molecule has 0 aliphatic carbocycles. The molecule has 0 saturated heterocycles. The van der Waals surface area contributed by atoms with Gasteiger partial charge in [0.15, 0.2) is 5.82 Å². The highest BCUT2D eigenvalue weighted by atomic mass is 16.5. The lowest BCUT2D eigenvalue weighted by Gasteiger charge is -2.16. The topological polar surface area (TPSA) is 51.0 Å². The molecule has 0 fully saturated rings. The van der Waals surface area contributed by atoms with Crippen LogP contribution in [0.1, 0.15) is 57.8 Å². The summed E-state index contributed by atoms with van der Waals surface area (Å²) in [5.74, 6) is 2.12. The van der Waals surface area contributed by atoms with Gasteiger partial charge in [-0.25, -0.2) is 0 Å². The van der Waals surface area contributed by atoms with Crippen LogP contribution in [0.5, 0.6) is 0 Å². The fraction of sp³-hybridized carbons (Fsp3) is 0.833. The van der Waals surface area contributed by atoms with Crippen molar-refractivity contribution in [2.75, 3.05) is 6.54 Å². The molecule has 0 aliphatic heterocycles. The molecular weight excluding hydrogens is 202 g/mol. The quantitative estimate of drug-likeness (QED) is 0.775. The Labute approximate surface area is 97.8 Å². The minimum Gasteiger partial charge on any atom is -0.340 e. The van der Waals surface area contributed by atoms with Crippen LogP contribution in [0.3, 0.4) is 0 Å². The van der Waals surface area contributed by atoms with E-state index in [1.807, 2.05) is 6.92 Å². The van der Waals surface area contributed by atoms with Crippen molar-refractivity contribution in [3.05, 3.63) is 11.7 Å². The molecule has 2 atom stereocenters. The van der Waals surface area contributed by atoms with E-state index in [0.29, 0.717) is 11.8 Å². The van der Waals surface area contributed by atoms with Crippen LogP contribution >= 0.6 is 0 Å². The molecule has 0 bridgehead atoms. The second kappa shape index (κ2) is 6.63. The van der Waals surface area contributed by atoms with Crippen molar-refractivity contribution in [1.29, 1.82) is 0 Å². The minimum atomic E-state index is 0.219. The largest absolute Gasteiger partial charge is 0.340 e. The first-order valence-corrected chi connectivity index (χ1v) is 6.20. The standard InChI is InChI=1S/C12H23N3O/c1-5-7-9(3)8-13-11(6-2)12-14-10(4)16-15-12/h9,11,13H,5-8H2,1-4H3. The van der Waals surface area contributed by atoms with Crippen LogP contribution in [0.2, 0.25) is 0 Å². The first-order chi connectivity index (χ1) is 7.67. The maximum Gasteiger partial charge on any atom is 0.223 e. The van der Waals surface area contributed by atoms with E-state index in [0.717, 1.165) is 18.8 Å². The summed E-state index contributed by atoms with van der Waals surface area (Å²) in [7, 11) is 0. The molecule has 1 heterocycles. The molecule has 16 heavy (non-hydrogen) atoms. The van der Waals surface area contributed by atoms with Crippen molar-refractivity contribution in [3.63, 3.8) is 0 Å². The second-order valence-electron chi connectivity index (χ2n) is 4.43. The summed E-state index contributed by atoms with van der Waals surface area (Å²) in [5, 5.41) is 7.46. The molecule has 1 rings (SSSR count). The van der Waals surface area contributed by atoms with Crippen LogP contribution in [-0.4, -0.2) is 16.7 Å². The Bertz CT molecular complexity index is 298. The Hall–Kier alpha value is -0.900. The second-order valence-corrected chi connectivity index (χ2v) is 4.43. The molecule has 1 aromatic heterocycles. The highest BCUT2D eigenvalue weighted by Gasteiger charge is 2.15. The average molecular weight is 225 g/mol. The van der Waals surface area contributed by atoms with Gasteiger partial charge >= 0.3 is 0 Å². The summed E-state index contributed by atoms with van der Waals surface area (Å²) >= 11 is 0. The lowest BCUT2D eigenvalue weighted by atomic mass is 10.1. The van der Waals surface area contributed by atoms with E-state index in [9.17, 15) is 0 Å². The Morgan fingerprint density at radius 3 is 2.62 bits per heavy atom. The monoisotopic (exact) mass is 225 g/mol. The van der Waals surface area contributed by atoms with Crippen LogP contribution in [0.4, 0.5) is 0 Å². The predicted octanol–water partition coefficient (Wildman–Crippen LogP) is 2.85. The molecule has 0 spiro atoms. The summed E-state index contributed by atoms with van der Waals surface area (Å²) in [4.78, 5) is 4.27. The van der Waals surface area contributed by atoms with Crippen LogP contribution in [0.15, 0.2) is 4.52 Å². The van der Waals surface area contributed by atoms with Crippen LogP contribution in [0, 0.1) is 12.8 Å². The van der Waals surface area contributed by atoms with Gasteiger partial charge in [-0.1, -0.05) is 32.3 Å². The van der Waals surface area contributed by atoms with Crippen molar-refractivity contribution >= 4 is 0 Å². The van der Waals surface area contributed by atoms with E-state index in [1.54, 1.807) is 0 Å². The fourth-order valence-corrected chi connectivity index (χ4v) is 1.81. The Morgan fingerprint density at radius 2 is 2.12 bits per heavy atom. The first-order valence-electron chi connectivity index (χ1n) is 6.20. The van der Waals surface area contributed by atoms with E-state index in [-0.39, 0.29) is 6.04 Å². The lowest BCUT2D eigenvalue weighted by Crippen LogP contribution is -2.26. The van der Waals surface area contributed by atoms with E-state index < -0.39 is 0 Å². The van der Waals surface area contributed by atoms with Crippen LogP contribution < -0.4 is 5.32 Å². The minimum absolute atomic E-state index is 0.219. The van der Waals surface area contributed by atoms with E-state index in [1.165, 1.54) is 12.8 Å². The summed E-state index contributed by atoms with van der Waals surface area (Å²) in [6, 6.07) is 0.219. The molecule has 4 nitrogen and oxygen atoms in total. The fourth-order valence-electron chi connectivity index (χ4n) is 1.81. The number of aromatic nitrogens is 2. The van der Waals surface area contributed by atoms with Crippen LogP contribution in [0.25, 0.3) is 0 Å². The Kier molecular flexibility index (Phi) is 5.46. The van der Waals surface area contributed by atoms with Gasteiger partial charge in [0.1, 0.15) is 0 Å². The first kappa shape index (κ1) is 13.2. The SMILES string of the molecule is CCCC(C)CNC(CC)c1noc(C)n1. The van der Waals surface area contributed by atoms with Gasteiger partial charge in [-0.15, -0.1) is 0 Å². The number of nitrogens with zero attached hydrogens (tertiary/aromatic N) is 2. The van der Waals surface area contributed by atoms with Crippen molar-refractivity contribution in [1.82, 2.24) is 15.5 Å². The Morgan fingerprint density at radius 1 is 1.38 bits per heavy atom. The normalized spacial score (nSPS) is 15.0. The van der Waals surface area contributed by atoms with Gasteiger partial charge in [0, 0.05) is 6.92 Å². The summed E-state index contributed by atoms with van der Waals surface area (Å²) in [6.07, 6.45) is 3.48. The number of aryl methyl sites for hydroxylation is 1. The molecule has 0 aromatic carbocycles. The maximum absolute atomic E-state index is 5.00. The zero-order valence-corrected chi connectivity index (χ0v) is 10.8. The smallest absolute Gasteiger partial charge is 0.223 e. The third-order valence-electron chi connectivity index (χ3n) is 2.76. The van der Waals surface area contributed by atoms with Crippen molar-refractivity contribution in [2.45, 2.75) is 53.0 Å². The molecule has 2 unspecified atom stereocenters. The highest BCUT2D eigenvalue weighted by Crippen LogP contribution is 2.14. The van der Waals surface area contributed by atoms with E-state index in [4.69, 9.17) is 4.52 Å². The van der Waals surface area contributed by atoms with E-state index >= 15 is 0 Å². The third kappa shape index (κ3) is 3.93. The van der Waals surface area contributed by atoms with Crippen molar-refractivity contribution < 1.29 is 4.52 Å². The molecule has 92 valence electrons. The molecule has 0 radical (unpaired) electrons. The van der Waals surface area contributed by atoms with Crippen LogP contribution in [-0.2, 0) is 0 Å². The van der Waals surface area contributed by atoms with Gasteiger partial charge < -0.3 is 9.84 Å². The van der Waals surface area contributed by atoms with E-state index in [2.05, 4.69) is 36.2 Å². The zero-order valence-electron chi connectivity index (χ0n) is 10.8.